The fraction of sp³-hybridized carbons (Fsp3) is 0.462. The van der Waals surface area contributed by atoms with Gasteiger partial charge in [0.15, 0.2) is 0 Å². The van der Waals surface area contributed by atoms with Crippen LogP contribution in [0, 0.1) is 5.82 Å². The summed E-state index contributed by atoms with van der Waals surface area (Å²) in [7, 11) is 0. The zero-order valence-corrected chi connectivity index (χ0v) is 10.4. The van der Waals surface area contributed by atoms with E-state index in [2.05, 4.69) is 0 Å². The summed E-state index contributed by atoms with van der Waals surface area (Å²) in [4.78, 5) is 13.0. The van der Waals surface area contributed by atoms with Gasteiger partial charge in [-0.15, -0.1) is 0 Å². The summed E-state index contributed by atoms with van der Waals surface area (Å²) < 4.78 is 18.8. The molecule has 98 valence electrons. The predicted molar refractivity (Wildman–Crippen MR) is 66.7 cm³/mol. The van der Waals surface area contributed by atoms with E-state index in [1.807, 2.05) is 0 Å². The van der Waals surface area contributed by atoms with Gasteiger partial charge in [0.2, 0.25) is 5.91 Å². The van der Waals surface area contributed by atoms with E-state index in [-0.39, 0.29) is 12.0 Å². The number of hydrogen-bond acceptors (Lipinski definition) is 3. The van der Waals surface area contributed by atoms with Crippen LogP contribution in [-0.2, 0) is 4.79 Å². The second-order valence-corrected chi connectivity index (χ2v) is 4.57. The van der Waals surface area contributed by atoms with E-state index in [0.29, 0.717) is 18.0 Å². The van der Waals surface area contributed by atoms with E-state index in [1.54, 1.807) is 17.9 Å². The van der Waals surface area contributed by atoms with Gasteiger partial charge in [-0.3, -0.25) is 4.79 Å². The van der Waals surface area contributed by atoms with Gasteiger partial charge in [-0.25, -0.2) is 4.39 Å². The molecule has 5 heteroatoms. The Bertz CT molecular complexity index is 430. The lowest BCUT2D eigenvalue weighted by Crippen LogP contribution is -2.43. The van der Waals surface area contributed by atoms with Crippen molar-refractivity contribution in [2.75, 3.05) is 18.8 Å². The second kappa shape index (κ2) is 5.25. The molecule has 0 spiro atoms. The molecule has 1 aliphatic heterocycles. The van der Waals surface area contributed by atoms with Gasteiger partial charge in [-0.1, -0.05) is 0 Å². The van der Waals surface area contributed by atoms with Crippen LogP contribution in [-0.4, -0.2) is 30.0 Å². The topological polar surface area (TPSA) is 55.6 Å². The number of hydrogen-bond donors (Lipinski definition) is 1. The predicted octanol–water partition coefficient (Wildman–Crippen LogP) is 1.80. The summed E-state index contributed by atoms with van der Waals surface area (Å²) in [5.41, 5.74) is 5.89. The van der Waals surface area contributed by atoms with E-state index >= 15 is 0 Å². The number of anilines is 1. The first kappa shape index (κ1) is 12.7. The van der Waals surface area contributed by atoms with Crippen molar-refractivity contribution in [2.45, 2.75) is 25.9 Å². The standard InChI is InChI=1S/C13H17FN2O2/c1-9(17)16-4-2-3-12(8-16)18-13-6-10(14)5-11(15)7-13/h5-7,12H,2-4,8,15H2,1H3. The fourth-order valence-electron chi connectivity index (χ4n) is 2.17. The van der Waals surface area contributed by atoms with Crippen LogP contribution in [0.3, 0.4) is 0 Å². The Morgan fingerprint density at radius 3 is 2.94 bits per heavy atom. The Morgan fingerprint density at radius 2 is 2.28 bits per heavy atom. The third-order valence-electron chi connectivity index (χ3n) is 3.02. The van der Waals surface area contributed by atoms with E-state index in [1.165, 1.54) is 12.1 Å². The molecule has 1 heterocycles. The number of nitrogen functional groups attached to an aromatic ring is 1. The molecule has 0 aromatic heterocycles. The Hall–Kier alpha value is -1.78. The smallest absolute Gasteiger partial charge is 0.219 e. The van der Waals surface area contributed by atoms with Crippen LogP contribution >= 0.6 is 0 Å². The maximum atomic E-state index is 13.2. The maximum Gasteiger partial charge on any atom is 0.219 e. The first-order valence-corrected chi connectivity index (χ1v) is 6.03. The zero-order chi connectivity index (χ0) is 13.1. The number of halogens is 1. The molecule has 2 N–H and O–H groups in total. The van der Waals surface area contributed by atoms with Crippen LogP contribution in [0.25, 0.3) is 0 Å². The Balaban J connectivity index is 2.02. The average Bonchev–Trinajstić information content (AvgIpc) is 2.27. The van der Waals surface area contributed by atoms with Crippen molar-refractivity contribution in [3.05, 3.63) is 24.0 Å². The molecule has 1 atom stereocenters. The van der Waals surface area contributed by atoms with Gasteiger partial charge in [0.25, 0.3) is 0 Å². The van der Waals surface area contributed by atoms with Crippen molar-refractivity contribution in [3.63, 3.8) is 0 Å². The third-order valence-corrected chi connectivity index (χ3v) is 3.02. The van der Waals surface area contributed by atoms with Gasteiger partial charge in [0, 0.05) is 31.3 Å². The highest BCUT2D eigenvalue weighted by Crippen LogP contribution is 2.22. The quantitative estimate of drug-likeness (QED) is 0.816. The molecular formula is C13H17FN2O2. The molecule has 0 saturated carbocycles. The molecule has 1 aromatic carbocycles. The minimum Gasteiger partial charge on any atom is -0.488 e. The fourth-order valence-corrected chi connectivity index (χ4v) is 2.17. The lowest BCUT2D eigenvalue weighted by atomic mass is 10.1. The molecule has 1 amide bonds. The number of benzene rings is 1. The molecule has 0 bridgehead atoms. The van der Waals surface area contributed by atoms with Gasteiger partial charge in [-0.05, 0) is 18.9 Å². The number of carbonyl (C=O) groups excluding carboxylic acids is 1. The molecule has 18 heavy (non-hydrogen) atoms. The third kappa shape index (κ3) is 3.12. The largest absolute Gasteiger partial charge is 0.488 e. The van der Waals surface area contributed by atoms with Crippen molar-refractivity contribution >= 4 is 11.6 Å². The molecule has 1 unspecified atom stereocenters. The summed E-state index contributed by atoms with van der Waals surface area (Å²) in [6.45, 7) is 2.86. The molecular weight excluding hydrogens is 235 g/mol. The minimum absolute atomic E-state index is 0.0436. The summed E-state index contributed by atoms with van der Waals surface area (Å²) in [5, 5.41) is 0. The van der Waals surface area contributed by atoms with Gasteiger partial charge in [0.05, 0.1) is 6.54 Å². The normalized spacial score (nSPS) is 19.7. The Kier molecular flexibility index (Phi) is 3.69. The van der Waals surface area contributed by atoms with Crippen LogP contribution in [0.5, 0.6) is 5.75 Å². The molecule has 4 nitrogen and oxygen atoms in total. The van der Waals surface area contributed by atoms with Crippen LogP contribution in [0.2, 0.25) is 0 Å². The minimum atomic E-state index is -0.413. The van der Waals surface area contributed by atoms with Gasteiger partial charge < -0.3 is 15.4 Å². The molecule has 1 fully saturated rings. The number of amides is 1. The van der Waals surface area contributed by atoms with Gasteiger partial charge in [-0.2, -0.15) is 0 Å². The maximum absolute atomic E-state index is 13.2. The molecule has 2 rings (SSSR count). The first-order valence-electron chi connectivity index (χ1n) is 6.03. The zero-order valence-electron chi connectivity index (χ0n) is 10.4. The van der Waals surface area contributed by atoms with Crippen molar-refractivity contribution in [2.24, 2.45) is 0 Å². The van der Waals surface area contributed by atoms with E-state index < -0.39 is 5.82 Å². The van der Waals surface area contributed by atoms with Crippen molar-refractivity contribution < 1.29 is 13.9 Å². The average molecular weight is 252 g/mol. The van der Waals surface area contributed by atoms with E-state index in [0.717, 1.165) is 19.4 Å². The number of ether oxygens (including phenoxy) is 1. The lowest BCUT2D eigenvalue weighted by Gasteiger charge is -2.32. The molecule has 0 aliphatic carbocycles. The SMILES string of the molecule is CC(=O)N1CCCC(Oc2cc(N)cc(F)c2)C1. The highest BCUT2D eigenvalue weighted by atomic mass is 19.1. The number of likely N-dealkylation sites (tertiary alicyclic amines) is 1. The van der Waals surface area contributed by atoms with Crippen LogP contribution < -0.4 is 10.5 Å². The number of rotatable bonds is 2. The number of carbonyl (C=O) groups is 1. The lowest BCUT2D eigenvalue weighted by molar-refractivity contribution is -0.131. The summed E-state index contributed by atoms with van der Waals surface area (Å²) in [5.74, 6) is 0.0502. The molecule has 1 aliphatic rings. The molecule has 1 saturated heterocycles. The Labute approximate surface area is 106 Å². The van der Waals surface area contributed by atoms with Gasteiger partial charge >= 0.3 is 0 Å². The highest BCUT2D eigenvalue weighted by molar-refractivity contribution is 5.73. The summed E-state index contributed by atoms with van der Waals surface area (Å²) in [6, 6.07) is 4.15. The van der Waals surface area contributed by atoms with Gasteiger partial charge in [0.1, 0.15) is 17.7 Å². The monoisotopic (exact) mass is 252 g/mol. The number of nitrogens with two attached hydrogens (primary N) is 1. The molecule has 1 aromatic rings. The molecule has 0 radical (unpaired) electrons. The number of piperidine rings is 1. The first-order chi connectivity index (χ1) is 8.54. The highest BCUT2D eigenvalue weighted by Gasteiger charge is 2.22. The second-order valence-electron chi connectivity index (χ2n) is 4.57. The van der Waals surface area contributed by atoms with Crippen molar-refractivity contribution in [1.82, 2.24) is 4.90 Å². The Morgan fingerprint density at radius 1 is 1.50 bits per heavy atom. The number of nitrogens with zero attached hydrogens (tertiary/aromatic N) is 1. The van der Waals surface area contributed by atoms with Crippen LogP contribution in [0.4, 0.5) is 10.1 Å². The summed E-state index contributed by atoms with van der Waals surface area (Å²) in [6.07, 6.45) is 1.67. The van der Waals surface area contributed by atoms with E-state index in [9.17, 15) is 9.18 Å². The summed E-state index contributed by atoms with van der Waals surface area (Å²) >= 11 is 0. The van der Waals surface area contributed by atoms with Crippen molar-refractivity contribution in [3.8, 4) is 5.75 Å². The van der Waals surface area contributed by atoms with Crippen LogP contribution in [0.1, 0.15) is 19.8 Å². The van der Waals surface area contributed by atoms with Crippen molar-refractivity contribution in [1.29, 1.82) is 0 Å². The van der Waals surface area contributed by atoms with Crippen LogP contribution in [0.15, 0.2) is 18.2 Å². The van der Waals surface area contributed by atoms with E-state index in [4.69, 9.17) is 10.5 Å².